The third-order valence-corrected chi connectivity index (χ3v) is 3.86. The van der Waals surface area contributed by atoms with Gasteiger partial charge < -0.3 is 4.74 Å². The van der Waals surface area contributed by atoms with Crippen molar-refractivity contribution in [3.05, 3.63) is 65.2 Å². The molecule has 2 rings (SSSR count). The smallest absolute Gasteiger partial charge is 0.119 e. The highest BCUT2D eigenvalue weighted by Crippen LogP contribution is 2.33. The minimum absolute atomic E-state index is 0.231. The van der Waals surface area contributed by atoms with Crippen LogP contribution in [0.1, 0.15) is 21.5 Å². The molecule has 0 amide bonds. The topological polar surface area (TPSA) is 9.23 Å². The Kier molecular flexibility index (Phi) is 3.85. The van der Waals surface area contributed by atoms with Gasteiger partial charge in [-0.3, -0.25) is 0 Å². The van der Waals surface area contributed by atoms with E-state index in [1.807, 2.05) is 12.1 Å². The highest BCUT2D eigenvalue weighted by Gasteiger charge is 2.12. The van der Waals surface area contributed by atoms with Gasteiger partial charge >= 0.3 is 0 Å². The number of ether oxygens (including phenoxy) is 1. The van der Waals surface area contributed by atoms with Crippen LogP contribution in [0.25, 0.3) is 0 Å². The quantitative estimate of drug-likeness (QED) is 0.757. The molecule has 0 spiro atoms. The Morgan fingerprint density at radius 3 is 2.35 bits per heavy atom. The van der Waals surface area contributed by atoms with Crippen LogP contribution in [0.5, 0.6) is 5.75 Å². The van der Waals surface area contributed by atoms with E-state index >= 15 is 0 Å². The van der Waals surface area contributed by atoms with Gasteiger partial charge in [-0.25, -0.2) is 0 Å². The molecule has 1 unspecified atom stereocenters. The molecule has 1 nitrogen and oxygen atoms in total. The molecule has 0 heterocycles. The molecular weight excluding hydrogens is 276 g/mol. The van der Waals surface area contributed by atoms with Crippen LogP contribution in [0, 0.1) is 6.92 Å². The van der Waals surface area contributed by atoms with Crippen LogP contribution in [0.2, 0.25) is 0 Å². The van der Waals surface area contributed by atoms with Gasteiger partial charge in [-0.2, -0.15) is 0 Å². The van der Waals surface area contributed by atoms with Crippen molar-refractivity contribution < 1.29 is 4.74 Å². The molecule has 2 aromatic rings. The fourth-order valence-electron chi connectivity index (χ4n) is 1.86. The maximum atomic E-state index is 5.22. The summed E-state index contributed by atoms with van der Waals surface area (Å²) in [6, 6.07) is 16.6. The minimum Gasteiger partial charge on any atom is -0.497 e. The lowest BCUT2D eigenvalue weighted by atomic mass is 10.0. The van der Waals surface area contributed by atoms with Crippen molar-refractivity contribution in [2.75, 3.05) is 7.11 Å². The SMILES string of the molecule is COc1ccc(C(Br)c2ccccc2)c(C)c1. The van der Waals surface area contributed by atoms with Crippen LogP contribution >= 0.6 is 15.9 Å². The molecule has 0 saturated heterocycles. The van der Waals surface area contributed by atoms with Gasteiger partial charge in [-0.15, -0.1) is 0 Å². The normalized spacial score (nSPS) is 12.2. The minimum atomic E-state index is 0.231. The Hall–Kier alpha value is -1.28. The number of methoxy groups -OCH3 is 1. The monoisotopic (exact) mass is 290 g/mol. The van der Waals surface area contributed by atoms with Gasteiger partial charge in [0.2, 0.25) is 0 Å². The molecule has 88 valence electrons. The molecule has 0 radical (unpaired) electrons. The van der Waals surface area contributed by atoms with E-state index < -0.39 is 0 Å². The first kappa shape index (κ1) is 12.2. The second-order valence-electron chi connectivity index (χ2n) is 4.00. The van der Waals surface area contributed by atoms with Crippen molar-refractivity contribution in [2.24, 2.45) is 0 Å². The lowest BCUT2D eigenvalue weighted by molar-refractivity contribution is 0.414. The average molecular weight is 291 g/mol. The number of halogens is 1. The number of alkyl halides is 1. The summed E-state index contributed by atoms with van der Waals surface area (Å²) < 4.78 is 5.22. The van der Waals surface area contributed by atoms with E-state index in [4.69, 9.17) is 4.74 Å². The first-order valence-electron chi connectivity index (χ1n) is 5.56. The summed E-state index contributed by atoms with van der Waals surface area (Å²) in [5.74, 6) is 0.902. The lowest BCUT2D eigenvalue weighted by Gasteiger charge is -2.14. The fraction of sp³-hybridized carbons (Fsp3) is 0.200. The summed E-state index contributed by atoms with van der Waals surface area (Å²) >= 11 is 3.75. The van der Waals surface area contributed by atoms with Crippen LogP contribution in [0.3, 0.4) is 0 Å². The zero-order valence-electron chi connectivity index (χ0n) is 9.98. The van der Waals surface area contributed by atoms with Gasteiger partial charge in [-0.05, 0) is 35.7 Å². The molecule has 0 aliphatic carbocycles. The number of rotatable bonds is 3. The van der Waals surface area contributed by atoms with Gasteiger partial charge in [0.25, 0.3) is 0 Å². The summed E-state index contributed by atoms with van der Waals surface area (Å²) in [6.07, 6.45) is 0. The summed E-state index contributed by atoms with van der Waals surface area (Å²) in [5, 5.41) is 0. The molecule has 0 bridgehead atoms. The molecule has 2 aromatic carbocycles. The predicted octanol–water partition coefficient (Wildman–Crippen LogP) is 4.49. The largest absolute Gasteiger partial charge is 0.497 e. The highest BCUT2D eigenvalue weighted by atomic mass is 79.9. The molecule has 0 saturated carbocycles. The van der Waals surface area contributed by atoms with Gasteiger partial charge in [0.1, 0.15) is 5.75 Å². The first-order chi connectivity index (χ1) is 8.22. The number of benzene rings is 2. The summed E-state index contributed by atoms with van der Waals surface area (Å²) in [6.45, 7) is 2.11. The Labute approximate surface area is 111 Å². The van der Waals surface area contributed by atoms with E-state index in [0.717, 1.165) is 5.75 Å². The zero-order valence-corrected chi connectivity index (χ0v) is 11.6. The van der Waals surface area contributed by atoms with Crippen molar-refractivity contribution in [1.29, 1.82) is 0 Å². The number of hydrogen-bond acceptors (Lipinski definition) is 1. The molecule has 0 fully saturated rings. The van der Waals surface area contributed by atoms with E-state index in [-0.39, 0.29) is 4.83 Å². The van der Waals surface area contributed by atoms with Gasteiger partial charge in [0.15, 0.2) is 0 Å². The molecule has 17 heavy (non-hydrogen) atoms. The average Bonchev–Trinajstić information content (AvgIpc) is 2.39. The second-order valence-corrected chi connectivity index (χ2v) is 4.91. The van der Waals surface area contributed by atoms with Crippen molar-refractivity contribution in [3.63, 3.8) is 0 Å². The van der Waals surface area contributed by atoms with E-state index in [2.05, 4.69) is 59.3 Å². The Morgan fingerprint density at radius 2 is 1.76 bits per heavy atom. The van der Waals surface area contributed by atoms with E-state index in [9.17, 15) is 0 Å². The van der Waals surface area contributed by atoms with Crippen molar-refractivity contribution >= 4 is 15.9 Å². The molecule has 0 aliphatic heterocycles. The van der Waals surface area contributed by atoms with Crippen molar-refractivity contribution in [1.82, 2.24) is 0 Å². The zero-order chi connectivity index (χ0) is 12.3. The Balaban J connectivity index is 2.34. The van der Waals surface area contributed by atoms with Crippen LogP contribution < -0.4 is 4.74 Å². The maximum Gasteiger partial charge on any atom is 0.119 e. The molecule has 1 atom stereocenters. The summed E-state index contributed by atoms with van der Waals surface area (Å²) in [5.41, 5.74) is 3.77. The number of hydrogen-bond donors (Lipinski definition) is 0. The van der Waals surface area contributed by atoms with Crippen LogP contribution in [-0.4, -0.2) is 7.11 Å². The Morgan fingerprint density at radius 1 is 1.06 bits per heavy atom. The third kappa shape index (κ3) is 2.70. The van der Waals surface area contributed by atoms with Crippen LogP contribution in [0.15, 0.2) is 48.5 Å². The van der Waals surface area contributed by atoms with E-state index in [1.54, 1.807) is 7.11 Å². The number of aryl methyl sites for hydroxylation is 1. The molecule has 2 heteroatoms. The van der Waals surface area contributed by atoms with Crippen LogP contribution in [0.4, 0.5) is 0 Å². The van der Waals surface area contributed by atoms with E-state index in [0.29, 0.717) is 0 Å². The standard InChI is InChI=1S/C15H15BrO/c1-11-10-13(17-2)8-9-14(11)15(16)12-6-4-3-5-7-12/h3-10,15H,1-2H3. The third-order valence-electron chi connectivity index (χ3n) is 2.84. The maximum absolute atomic E-state index is 5.22. The Bertz CT molecular complexity index is 494. The van der Waals surface area contributed by atoms with Crippen molar-refractivity contribution in [2.45, 2.75) is 11.8 Å². The van der Waals surface area contributed by atoms with Gasteiger partial charge in [0, 0.05) is 0 Å². The first-order valence-corrected chi connectivity index (χ1v) is 6.47. The predicted molar refractivity (Wildman–Crippen MR) is 74.9 cm³/mol. The van der Waals surface area contributed by atoms with E-state index in [1.165, 1.54) is 16.7 Å². The second kappa shape index (κ2) is 5.37. The van der Waals surface area contributed by atoms with Crippen molar-refractivity contribution in [3.8, 4) is 5.75 Å². The summed E-state index contributed by atoms with van der Waals surface area (Å²) in [7, 11) is 1.69. The highest BCUT2D eigenvalue weighted by molar-refractivity contribution is 9.09. The molecule has 0 aliphatic rings. The van der Waals surface area contributed by atoms with Crippen LogP contribution in [-0.2, 0) is 0 Å². The summed E-state index contributed by atoms with van der Waals surface area (Å²) in [4.78, 5) is 0.231. The fourth-order valence-corrected chi connectivity index (χ4v) is 2.68. The lowest BCUT2D eigenvalue weighted by Crippen LogP contribution is -1.96. The molecule has 0 N–H and O–H groups in total. The molecular formula is C15H15BrO. The molecule has 0 aromatic heterocycles. The van der Waals surface area contributed by atoms with Gasteiger partial charge in [-0.1, -0.05) is 52.3 Å². The van der Waals surface area contributed by atoms with Gasteiger partial charge in [0.05, 0.1) is 11.9 Å².